The standard InChI is InChI=1S/C24H20F6/c1-2-4-13-7-8-16-15-5-3-6-19(25)17(15)9-10-18(16)22(13)14-11-20(26)23(21(27)12-14)24(28,29)30/h3,5-6,9-13,22H,2,4,7-8H2,1H3/t13-,22-/m1/s1. The Labute approximate surface area is 170 Å². The number of rotatable bonds is 3. The minimum atomic E-state index is -5.10. The topological polar surface area (TPSA) is 0 Å². The van der Waals surface area contributed by atoms with Crippen LogP contribution in [0.1, 0.15) is 54.4 Å². The van der Waals surface area contributed by atoms with Crippen LogP contribution >= 0.6 is 0 Å². The molecule has 30 heavy (non-hydrogen) atoms. The summed E-state index contributed by atoms with van der Waals surface area (Å²) in [6, 6.07) is 9.80. The van der Waals surface area contributed by atoms with E-state index in [9.17, 15) is 26.3 Å². The lowest BCUT2D eigenvalue weighted by Gasteiger charge is -2.35. The van der Waals surface area contributed by atoms with Crippen LogP contribution in [0.4, 0.5) is 26.3 Å². The highest BCUT2D eigenvalue weighted by Crippen LogP contribution is 2.46. The highest BCUT2D eigenvalue weighted by Gasteiger charge is 2.39. The fraction of sp³-hybridized carbons (Fsp3) is 0.333. The molecule has 0 unspecified atom stereocenters. The molecule has 0 amide bonds. The Morgan fingerprint density at radius 2 is 1.60 bits per heavy atom. The first-order valence-electron chi connectivity index (χ1n) is 9.98. The second-order valence-corrected chi connectivity index (χ2v) is 7.89. The van der Waals surface area contributed by atoms with Gasteiger partial charge in [0.05, 0.1) is 0 Å². The van der Waals surface area contributed by atoms with Crippen LogP contribution < -0.4 is 0 Å². The molecule has 0 bridgehead atoms. The molecule has 3 aromatic carbocycles. The van der Waals surface area contributed by atoms with Gasteiger partial charge in [0.25, 0.3) is 0 Å². The van der Waals surface area contributed by atoms with Crippen molar-refractivity contribution in [2.24, 2.45) is 5.92 Å². The molecule has 158 valence electrons. The molecule has 0 N–H and O–H groups in total. The first-order valence-corrected chi connectivity index (χ1v) is 9.98. The number of fused-ring (bicyclic) bond motifs is 3. The Balaban J connectivity index is 1.92. The van der Waals surface area contributed by atoms with Gasteiger partial charge in [-0.25, -0.2) is 13.2 Å². The van der Waals surface area contributed by atoms with Crippen molar-refractivity contribution >= 4 is 10.8 Å². The molecule has 1 aliphatic carbocycles. The van der Waals surface area contributed by atoms with E-state index in [1.54, 1.807) is 18.2 Å². The summed E-state index contributed by atoms with van der Waals surface area (Å²) in [5.41, 5.74) is 0.0180. The predicted octanol–water partition coefficient (Wildman–Crippen LogP) is 7.77. The first kappa shape index (κ1) is 20.8. The molecule has 1 aliphatic rings. The zero-order chi connectivity index (χ0) is 21.6. The van der Waals surface area contributed by atoms with Crippen LogP contribution in [-0.4, -0.2) is 0 Å². The Bertz CT molecular complexity index is 1080. The van der Waals surface area contributed by atoms with E-state index in [-0.39, 0.29) is 17.3 Å². The minimum absolute atomic E-state index is 0.0315. The van der Waals surface area contributed by atoms with Crippen molar-refractivity contribution < 1.29 is 26.3 Å². The summed E-state index contributed by atoms with van der Waals surface area (Å²) in [6.07, 6.45) is -2.10. The molecule has 0 aliphatic heterocycles. The minimum Gasteiger partial charge on any atom is -0.206 e. The number of benzene rings is 3. The lowest BCUT2D eigenvalue weighted by Crippen LogP contribution is -2.23. The monoisotopic (exact) mass is 422 g/mol. The van der Waals surface area contributed by atoms with Crippen LogP contribution in [0.15, 0.2) is 42.5 Å². The predicted molar refractivity (Wildman–Crippen MR) is 104 cm³/mol. The van der Waals surface area contributed by atoms with Crippen LogP contribution in [0.3, 0.4) is 0 Å². The van der Waals surface area contributed by atoms with E-state index in [1.165, 1.54) is 6.07 Å². The number of hydrogen-bond donors (Lipinski definition) is 0. The second-order valence-electron chi connectivity index (χ2n) is 7.89. The van der Waals surface area contributed by atoms with E-state index in [1.807, 2.05) is 13.0 Å². The van der Waals surface area contributed by atoms with Crippen molar-refractivity contribution in [2.75, 3.05) is 0 Å². The zero-order valence-corrected chi connectivity index (χ0v) is 16.3. The highest BCUT2D eigenvalue weighted by atomic mass is 19.4. The average Bonchev–Trinajstić information content (AvgIpc) is 2.66. The van der Waals surface area contributed by atoms with Gasteiger partial charge in [-0.15, -0.1) is 0 Å². The molecule has 0 nitrogen and oxygen atoms in total. The largest absolute Gasteiger partial charge is 0.422 e. The van der Waals surface area contributed by atoms with E-state index in [4.69, 9.17) is 0 Å². The van der Waals surface area contributed by atoms with Crippen molar-refractivity contribution in [3.63, 3.8) is 0 Å². The van der Waals surface area contributed by atoms with Gasteiger partial charge in [-0.1, -0.05) is 37.6 Å². The van der Waals surface area contributed by atoms with E-state index >= 15 is 0 Å². The number of aryl methyl sites for hydroxylation is 1. The van der Waals surface area contributed by atoms with Gasteiger partial charge in [0.15, 0.2) is 0 Å². The van der Waals surface area contributed by atoms with Gasteiger partial charge < -0.3 is 0 Å². The molecule has 0 spiro atoms. The Morgan fingerprint density at radius 3 is 2.23 bits per heavy atom. The van der Waals surface area contributed by atoms with Crippen molar-refractivity contribution in [3.05, 3.63) is 82.2 Å². The van der Waals surface area contributed by atoms with Gasteiger partial charge in [-0.2, -0.15) is 13.2 Å². The van der Waals surface area contributed by atoms with Crippen molar-refractivity contribution in [3.8, 4) is 0 Å². The fourth-order valence-electron chi connectivity index (χ4n) is 4.90. The molecule has 0 aromatic heterocycles. The third kappa shape index (κ3) is 3.46. The smallest absolute Gasteiger partial charge is 0.206 e. The summed E-state index contributed by atoms with van der Waals surface area (Å²) >= 11 is 0. The van der Waals surface area contributed by atoms with Crippen LogP contribution in [0, 0.1) is 23.4 Å². The molecule has 4 rings (SSSR count). The SMILES string of the molecule is CCC[C@@H]1CCc2c(ccc3c(F)cccc23)[C@H]1c1cc(F)c(C(F)(F)F)c(F)c1. The summed E-state index contributed by atoms with van der Waals surface area (Å²) in [5, 5.41) is 1.20. The second kappa shape index (κ2) is 7.64. The molecule has 0 fully saturated rings. The number of halogens is 6. The molecule has 0 saturated carbocycles. The summed E-state index contributed by atoms with van der Waals surface area (Å²) < 4.78 is 82.0. The number of alkyl halides is 3. The maximum atomic E-state index is 14.3. The zero-order valence-electron chi connectivity index (χ0n) is 16.3. The van der Waals surface area contributed by atoms with Crippen molar-refractivity contribution in [1.82, 2.24) is 0 Å². The van der Waals surface area contributed by atoms with Crippen LogP contribution in [0.2, 0.25) is 0 Å². The molecule has 3 aromatic rings. The Morgan fingerprint density at radius 1 is 0.900 bits per heavy atom. The summed E-state index contributed by atoms with van der Waals surface area (Å²) in [6.45, 7) is 2.00. The molecule has 0 radical (unpaired) electrons. The maximum Gasteiger partial charge on any atom is 0.422 e. The molecule has 6 heteroatoms. The summed E-state index contributed by atoms with van der Waals surface area (Å²) in [5.74, 6) is -3.98. The molecule has 0 saturated heterocycles. The fourth-order valence-corrected chi connectivity index (χ4v) is 4.90. The van der Waals surface area contributed by atoms with Crippen LogP contribution in [-0.2, 0) is 12.6 Å². The average molecular weight is 422 g/mol. The quantitative estimate of drug-likeness (QED) is 0.378. The molecular weight excluding hydrogens is 402 g/mol. The lowest BCUT2D eigenvalue weighted by molar-refractivity contribution is -0.142. The highest BCUT2D eigenvalue weighted by molar-refractivity contribution is 5.88. The van der Waals surface area contributed by atoms with E-state index in [2.05, 4.69) is 0 Å². The summed E-state index contributed by atoms with van der Waals surface area (Å²) in [7, 11) is 0. The van der Waals surface area contributed by atoms with Gasteiger partial charge in [0, 0.05) is 11.3 Å². The number of hydrogen-bond acceptors (Lipinski definition) is 0. The maximum absolute atomic E-state index is 14.3. The van der Waals surface area contributed by atoms with Crippen LogP contribution in [0.5, 0.6) is 0 Å². The van der Waals surface area contributed by atoms with E-state index in [0.29, 0.717) is 18.2 Å². The lowest BCUT2D eigenvalue weighted by atomic mass is 9.69. The Kier molecular flexibility index (Phi) is 5.28. The van der Waals surface area contributed by atoms with E-state index in [0.717, 1.165) is 41.5 Å². The van der Waals surface area contributed by atoms with Crippen LogP contribution in [0.25, 0.3) is 10.8 Å². The van der Waals surface area contributed by atoms with Gasteiger partial charge >= 0.3 is 6.18 Å². The Hall–Kier alpha value is -2.50. The van der Waals surface area contributed by atoms with Crippen molar-refractivity contribution in [1.29, 1.82) is 0 Å². The van der Waals surface area contributed by atoms with Gasteiger partial charge in [0.1, 0.15) is 23.0 Å². The van der Waals surface area contributed by atoms with Gasteiger partial charge in [-0.05, 0) is 65.5 Å². The first-order chi connectivity index (χ1) is 14.2. The van der Waals surface area contributed by atoms with Gasteiger partial charge in [-0.3, -0.25) is 0 Å². The third-order valence-corrected chi connectivity index (χ3v) is 6.09. The molecule has 0 heterocycles. The van der Waals surface area contributed by atoms with Crippen molar-refractivity contribution in [2.45, 2.75) is 44.7 Å². The van der Waals surface area contributed by atoms with E-state index < -0.39 is 29.3 Å². The normalized spacial score (nSPS) is 19.2. The third-order valence-electron chi connectivity index (χ3n) is 6.09. The van der Waals surface area contributed by atoms with Gasteiger partial charge in [0.2, 0.25) is 0 Å². The summed E-state index contributed by atoms with van der Waals surface area (Å²) in [4.78, 5) is 0. The molecule has 2 atom stereocenters. The molecular formula is C24H20F6.